The molecule has 2 aromatic rings. The van der Waals surface area contributed by atoms with Gasteiger partial charge in [0.2, 0.25) is 0 Å². The smallest absolute Gasteiger partial charge is 0.126 e. The first kappa shape index (κ1) is 26.8. The van der Waals surface area contributed by atoms with Gasteiger partial charge in [-0.1, -0.05) is 39.5 Å². The zero-order valence-corrected chi connectivity index (χ0v) is 20.8. The lowest BCUT2D eigenvalue weighted by Crippen LogP contribution is -2.13. The van der Waals surface area contributed by atoms with Crippen LogP contribution < -0.4 is 0 Å². The van der Waals surface area contributed by atoms with E-state index < -0.39 is 23.3 Å². The summed E-state index contributed by atoms with van der Waals surface area (Å²) in [6.07, 6.45) is 14.2. The monoisotopic (exact) mass is 476 g/mol. The summed E-state index contributed by atoms with van der Waals surface area (Å²) in [4.78, 5) is 0. The van der Waals surface area contributed by atoms with E-state index >= 15 is 0 Å². The third-order valence-electron chi connectivity index (χ3n) is 7.80. The quantitative estimate of drug-likeness (QED) is 0.364. The van der Waals surface area contributed by atoms with Gasteiger partial charge in [0.05, 0.1) is 0 Å². The SMILES string of the molecule is CCCC1CCC(c2cc(F)cc(F)c2)CC1.CCCC1CCC(c2cc(F)cc(F)c2)CC1. The zero-order valence-electron chi connectivity index (χ0n) is 20.8. The topological polar surface area (TPSA) is 0 Å². The predicted molar refractivity (Wildman–Crippen MR) is 132 cm³/mol. The Balaban J connectivity index is 0.000000191. The van der Waals surface area contributed by atoms with Gasteiger partial charge in [-0.05, 0) is 110 Å². The molecule has 4 heteroatoms. The van der Waals surface area contributed by atoms with Crippen molar-refractivity contribution in [2.45, 2.75) is 103 Å². The predicted octanol–water partition coefficient (Wildman–Crippen LogP) is 10.1. The molecule has 0 aliphatic heterocycles. The highest BCUT2D eigenvalue weighted by Crippen LogP contribution is 2.39. The van der Waals surface area contributed by atoms with E-state index in [0.717, 1.165) is 60.8 Å². The number of hydrogen-bond donors (Lipinski definition) is 0. The Morgan fingerprint density at radius 2 is 0.794 bits per heavy atom. The molecule has 0 bridgehead atoms. The summed E-state index contributed by atoms with van der Waals surface area (Å²) in [6.45, 7) is 4.43. The first-order valence-corrected chi connectivity index (χ1v) is 13.3. The highest BCUT2D eigenvalue weighted by Gasteiger charge is 2.23. The third kappa shape index (κ3) is 8.13. The number of rotatable bonds is 6. The molecule has 2 aliphatic rings. The lowest BCUT2D eigenvalue weighted by Gasteiger charge is -2.28. The molecule has 0 aromatic heterocycles. The van der Waals surface area contributed by atoms with E-state index in [9.17, 15) is 17.6 Å². The third-order valence-corrected chi connectivity index (χ3v) is 7.80. The van der Waals surface area contributed by atoms with Gasteiger partial charge in [0.1, 0.15) is 23.3 Å². The lowest BCUT2D eigenvalue weighted by atomic mass is 9.77. The normalized spacial score (nSPS) is 24.9. The number of halogens is 4. The summed E-state index contributed by atoms with van der Waals surface area (Å²) in [6, 6.07) is 7.88. The average Bonchev–Trinajstić information content (AvgIpc) is 2.80. The van der Waals surface area contributed by atoms with Crippen LogP contribution in [0.25, 0.3) is 0 Å². The maximum atomic E-state index is 13.1. The highest BCUT2D eigenvalue weighted by molar-refractivity contribution is 5.23. The van der Waals surface area contributed by atoms with Crippen molar-refractivity contribution in [3.05, 3.63) is 70.8 Å². The summed E-state index contributed by atoms with van der Waals surface area (Å²) in [5, 5.41) is 0. The molecular weight excluding hydrogens is 436 g/mol. The van der Waals surface area contributed by atoms with Gasteiger partial charge in [0.15, 0.2) is 0 Å². The zero-order chi connectivity index (χ0) is 24.5. The Morgan fingerprint density at radius 3 is 1.06 bits per heavy atom. The Kier molecular flexibility index (Phi) is 10.5. The second-order valence-corrected chi connectivity index (χ2v) is 10.4. The standard InChI is InChI=1S/2C15H20F2/c2*1-2-3-11-4-6-12(7-5-11)13-8-14(16)10-15(17)9-13/h2*8-12H,2-7H2,1H3. The highest BCUT2D eigenvalue weighted by atomic mass is 19.1. The molecule has 0 radical (unpaired) electrons. The van der Waals surface area contributed by atoms with Crippen molar-refractivity contribution in [3.8, 4) is 0 Å². The van der Waals surface area contributed by atoms with Crippen LogP contribution in [-0.2, 0) is 0 Å². The molecule has 2 aromatic carbocycles. The summed E-state index contributed by atoms with van der Waals surface area (Å²) >= 11 is 0. The molecule has 0 heterocycles. The van der Waals surface area contributed by atoms with E-state index in [4.69, 9.17) is 0 Å². The van der Waals surface area contributed by atoms with Gasteiger partial charge in [-0.2, -0.15) is 0 Å². The summed E-state index contributed by atoms with van der Waals surface area (Å²) in [5.41, 5.74) is 1.69. The average molecular weight is 477 g/mol. The minimum absolute atomic E-state index is 0.355. The van der Waals surface area contributed by atoms with Crippen molar-refractivity contribution < 1.29 is 17.6 Å². The van der Waals surface area contributed by atoms with Crippen LogP contribution in [0.1, 0.15) is 114 Å². The molecule has 188 valence electrons. The van der Waals surface area contributed by atoms with E-state index in [0.29, 0.717) is 11.8 Å². The van der Waals surface area contributed by atoms with Crippen molar-refractivity contribution in [3.63, 3.8) is 0 Å². The van der Waals surface area contributed by atoms with E-state index in [1.54, 1.807) is 0 Å². The second-order valence-electron chi connectivity index (χ2n) is 10.4. The van der Waals surface area contributed by atoms with E-state index in [1.807, 2.05) is 0 Å². The van der Waals surface area contributed by atoms with Crippen LogP contribution in [0.4, 0.5) is 17.6 Å². The Bertz CT molecular complexity index is 763. The van der Waals surface area contributed by atoms with Crippen LogP contribution in [0.15, 0.2) is 36.4 Å². The first-order chi connectivity index (χ1) is 16.4. The van der Waals surface area contributed by atoms with Crippen molar-refractivity contribution in [2.75, 3.05) is 0 Å². The molecule has 0 N–H and O–H groups in total. The van der Waals surface area contributed by atoms with Crippen LogP contribution in [-0.4, -0.2) is 0 Å². The van der Waals surface area contributed by atoms with Gasteiger partial charge >= 0.3 is 0 Å². The molecule has 4 rings (SSSR count). The van der Waals surface area contributed by atoms with E-state index in [2.05, 4.69) is 13.8 Å². The molecule has 34 heavy (non-hydrogen) atoms. The molecule has 0 nitrogen and oxygen atoms in total. The Morgan fingerprint density at radius 1 is 0.500 bits per heavy atom. The molecule has 0 spiro atoms. The minimum atomic E-state index is -0.448. The first-order valence-electron chi connectivity index (χ1n) is 13.3. The van der Waals surface area contributed by atoms with Gasteiger partial charge in [0.25, 0.3) is 0 Å². The number of benzene rings is 2. The van der Waals surface area contributed by atoms with Gasteiger partial charge in [-0.3, -0.25) is 0 Å². The molecule has 0 unspecified atom stereocenters. The maximum Gasteiger partial charge on any atom is 0.126 e. The summed E-state index contributed by atoms with van der Waals surface area (Å²) in [7, 11) is 0. The largest absolute Gasteiger partial charge is 0.207 e. The van der Waals surface area contributed by atoms with Crippen LogP contribution in [0.5, 0.6) is 0 Å². The van der Waals surface area contributed by atoms with Crippen molar-refractivity contribution >= 4 is 0 Å². The molecule has 2 saturated carbocycles. The lowest BCUT2D eigenvalue weighted by molar-refractivity contribution is 0.307. The fourth-order valence-corrected chi connectivity index (χ4v) is 6.01. The molecular formula is C30H40F4. The molecule has 2 fully saturated rings. The summed E-state index contributed by atoms with van der Waals surface area (Å²) < 4.78 is 52.6. The van der Waals surface area contributed by atoms with Gasteiger partial charge in [-0.25, -0.2) is 17.6 Å². The minimum Gasteiger partial charge on any atom is -0.207 e. The summed E-state index contributed by atoms with van der Waals surface area (Å²) in [5.74, 6) is 0.573. The fraction of sp³-hybridized carbons (Fsp3) is 0.600. The molecule has 2 aliphatic carbocycles. The molecule has 0 saturated heterocycles. The van der Waals surface area contributed by atoms with Crippen molar-refractivity contribution in [2.24, 2.45) is 11.8 Å². The molecule has 0 amide bonds. The second kappa shape index (κ2) is 13.3. The van der Waals surface area contributed by atoms with Crippen molar-refractivity contribution in [1.82, 2.24) is 0 Å². The molecule has 0 atom stereocenters. The van der Waals surface area contributed by atoms with Gasteiger partial charge in [-0.15, -0.1) is 0 Å². The maximum absolute atomic E-state index is 13.1. The Labute approximate surface area is 203 Å². The fourth-order valence-electron chi connectivity index (χ4n) is 6.01. The van der Waals surface area contributed by atoms with E-state index in [1.165, 1.54) is 75.6 Å². The van der Waals surface area contributed by atoms with Crippen molar-refractivity contribution in [1.29, 1.82) is 0 Å². The van der Waals surface area contributed by atoms with Crippen LogP contribution in [0.2, 0.25) is 0 Å². The van der Waals surface area contributed by atoms with Gasteiger partial charge < -0.3 is 0 Å². The van der Waals surface area contributed by atoms with Gasteiger partial charge in [0, 0.05) is 12.1 Å². The Hall–Kier alpha value is -1.84. The van der Waals surface area contributed by atoms with Crippen LogP contribution >= 0.6 is 0 Å². The van der Waals surface area contributed by atoms with E-state index in [-0.39, 0.29) is 0 Å². The van der Waals surface area contributed by atoms with Crippen LogP contribution in [0, 0.1) is 35.1 Å². The number of hydrogen-bond acceptors (Lipinski definition) is 0. The van der Waals surface area contributed by atoms with Crippen LogP contribution in [0.3, 0.4) is 0 Å².